The van der Waals surface area contributed by atoms with Crippen LogP contribution in [0.1, 0.15) is 20.1 Å². The van der Waals surface area contributed by atoms with E-state index < -0.39 is 10.0 Å². The quantitative estimate of drug-likeness (QED) is 0.601. The normalized spacial score (nSPS) is 11.0. The van der Waals surface area contributed by atoms with Crippen LogP contribution in [0, 0.1) is 0 Å². The molecule has 0 bridgehead atoms. The third kappa shape index (κ3) is 8.40. The van der Waals surface area contributed by atoms with Crippen molar-refractivity contribution in [3.8, 4) is 0 Å². The molecule has 0 aliphatic heterocycles. The molecule has 1 heterocycles. The molecule has 0 unspecified atom stereocenters. The highest BCUT2D eigenvalue weighted by molar-refractivity contribution is 7.88. The van der Waals surface area contributed by atoms with Crippen LogP contribution in [0.5, 0.6) is 0 Å². The summed E-state index contributed by atoms with van der Waals surface area (Å²) in [5.41, 5.74) is 6.85. The standard InChI is InChI=1S/C18H25N3O3S2.ClH/c1-26(23,24)20-12-9-16-7-8-17(25-16)18(22)21(14-11-19)13-10-15-5-3-2-4-6-15;/h2-8,20H,9-14,19H2,1H3;1H. The van der Waals surface area contributed by atoms with Crippen molar-refractivity contribution in [2.24, 2.45) is 5.73 Å². The van der Waals surface area contributed by atoms with E-state index in [1.54, 1.807) is 11.0 Å². The first-order valence-electron chi connectivity index (χ1n) is 8.45. The van der Waals surface area contributed by atoms with Crippen molar-refractivity contribution in [2.45, 2.75) is 12.8 Å². The predicted octanol–water partition coefficient (Wildman–Crippen LogP) is 1.91. The monoisotopic (exact) mass is 431 g/mol. The summed E-state index contributed by atoms with van der Waals surface area (Å²) in [6.07, 6.45) is 2.48. The van der Waals surface area contributed by atoms with Gasteiger partial charge in [0.15, 0.2) is 0 Å². The number of nitrogens with zero attached hydrogens (tertiary/aromatic N) is 1. The van der Waals surface area contributed by atoms with Crippen molar-refractivity contribution in [1.29, 1.82) is 0 Å². The first-order chi connectivity index (χ1) is 12.4. The molecule has 150 valence electrons. The molecule has 2 rings (SSSR count). The first-order valence-corrected chi connectivity index (χ1v) is 11.2. The summed E-state index contributed by atoms with van der Waals surface area (Å²) < 4.78 is 24.7. The van der Waals surface area contributed by atoms with Gasteiger partial charge in [-0.2, -0.15) is 0 Å². The van der Waals surface area contributed by atoms with Gasteiger partial charge in [0, 0.05) is 31.1 Å². The van der Waals surface area contributed by atoms with Gasteiger partial charge in [0.25, 0.3) is 5.91 Å². The lowest BCUT2D eigenvalue weighted by atomic mass is 10.1. The van der Waals surface area contributed by atoms with E-state index in [0.29, 0.717) is 37.5 Å². The highest BCUT2D eigenvalue weighted by atomic mass is 35.5. The molecule has 2 aromatic rings. The van der Waals surface area contributed by atoms with Crippen LogP contribution in [0.3, 0.4) is 0 Å². The van der Waals surface area contributed by atoms with E-state index in [2.05, 4.69) is 4.72 Å². The van der Waals surface area contributed by atoms with Crippen molar-refractivity contribution in [3.63, 3.8) is 0 Å². The SMILES string of the molecule is CS(=O)(=O)NCCc1ccc(C(=O)N(CCN)CCc2ccccc2)s1.Cl. The summed E-state index contributed by atoms with van der Waals surface area (Å²) in [6, 6.07) is 13.7. The Morgan fingerprint density at radius 2 is 1.81 bits per heavy atom. The molecule has 0 saturated heterocycles. The Labute approximate surface area is 171 Å². The number of benzene rings is 1. The third-order valence-electron chi connectivity index (χ3n) is 3.81. The molecule has 0 atom stereocenters. The van der Waals surface area contributed by atoms with Crippen LogP contribution in [0.4, 0.5) is 0 Å². The Morgan fingerprint density at radius 3 is 2.44 bits per heavy atom. The summed E-state index contributed by atoms with van der Waals surface area (Å²) in [4.78, 5) is 16.2. The Morgan fingerprint density at radius 1 is 1.11 bits per heavy atom. The average molecular weight is 432 g/mol. The third-order valence-corrected chi connectivity index (χ3v) is 5.67. The van der Waals surface area contributed by atoms with Gasteiger partial charge in [-0.05, 0) is 30.5 Å². The minimum absolute atomic E-state index is 0. The Kier molecular flexibility index (Phi) is 9.97. The fraction of sp³-hybridized carbons (Fsp3) is 0.389. The Hall–Kier alpha value is -1.45. The number of nitrogens with one attached hydrogen (secondary N) is 1. The first kappa shape index (κ1) is 23.6. The van der Waals surface area contributed by atoms with Crippen LogP contribution in [0.25, 0.3) is 0 Å². The second-order valence-corrected chi connectivity index (χ2v) is 9.00. The highest BCUT2D eigenvalue weighted by Gasteiger charge is 2.17. The van der Waals surface area contributed by atoms with Crippen LogP contribution < -0.4 is 10.5 Å². The van der Waals surface area contributed by atoms with Crippen molar-refractivity contribution in [1.82, 2.24) is 9.62 Å². The van der Waals surface area contributed by atoms with Gasteiger partial charge in [-0.25, -0.2) is 13.1 Å². The van der Waals surface area contributed by atoms with E-state index in [4.69, 9.17) is 5.73 Å². The highest BCUT2D eigenvalue weighted by Crippen LogP contribution is 2.19. The molecule has 9 heteroatoms. The van der Waals surface area contributed by atoms with E-state index in [1.165, 1.54) is 16.9 Å². The molecule has 0 fully saturated rings. The van der Waals surface area contributed by atoms with E-state index in [-0.39, 0.29) is 18.3 Å². The topological polar surface area (TPSA) is 92.5 Å². The second kappa shape index (κ2) is 11.4. The zero-order chi connectivity index (χ0) is 19.0. The zero-order valence-electron chi connectivity index (χ0n) is 15.3. The number of carbonyl (C=O) groups is 1. The molecule has 1 aromatic carbocycles. The van der Waals surface area contributed by atoms with Crippen molar-refractivity contribution < 1.29 is 13.2 Å². The van der Waals surface area contributed by atoms with Gasteiger partial charge in [0.05, 0.1) is 11.1 Å². The van der Waals surface area contributed by atoms with Crippen molar-refractivity contribution in [3.05, 3.63) is 57.8 Å². The molecular formula is C18H26ClN3O3S2. The summed E-state index contributed by atoms with van der Waals surface area (Å²) in [5.74, 6) is -0.0290. The largest absolute Gasteiger partial charge is 0.336 e. The molecule has 0 saturated carbocycles. The smallest absolute Gasteiger partial charge is 0.263 e. The van der Waals surface area contributed by atoms with E-state index in [9.17, 15) is 13.2 Å². The van der Waals surface area contributed by atoms with Crippen molar-refractivity contribution in [2.75, 3.05) is 32.4 Å². The molecule has 1 aromatic heterocycles. The van der Waals surface area contributed by atoms with Crippen LogP contribution in [0.2, 0.25) is 0 Å². The van der Waals surface area contributed by atoms with Gasteiger partial charge >= 0.3 is 0 Å². The lowest BCUT2D eigenvalue weighted by molar-refractivity contribution is 0.0767. The number of sulfonamides is 1. The summed E-state index contributed by atoms with van der Waals surface area (Å²) in [7, 11) is -3.19. The maximum Gasteiger partial charge on any atom is 0.263 e. The number of thiophene rings is 1. The van der Waals surface area contributed by atoms with Gasteiger partial charge < -0.3 is 10.6 Å². The number of amides is 1. The van der Waals surface area contributed by atoms with Gasteiger partial charge in [0.2, 0.25) is 10.0 Å². The Balaban J connectivity index is 0.00000364. The molecule has 27 heavy (non-hydrogen) atoms. The molecule has 0 radical (unpaired) electrons. The lowest BCUT2D eigenvalue weighted by Crippen LogP contribution is -2.36. The van der Waals surface area contributed by atoms with Crippen LogP contribution in [0.15, 0.2) is 42.5 Å². The minimum Gasteiger partial charge on any atom is -0.336 e. The number of halogens is 1. The number of rotatable bonds is 10. The summed E-state index contributed by atoms with van der Waals surface area (Å²) >= 11 is 1.40. The number of hydrogen-bond acceptors (Lipinski definition) is 5. The van der Waals surface area contributed by atoms with Crippen LogP contribution >= 0.6 is 23.7 Å². The second-order valence-electron chi connectivity index (χ2n) is 6.00. The molecule has 3 N–H and O–H groups in total. The number of hydrogen-bond donors (Lipinski definition) is 2. The molecule has 0 aliphatic rings. The average Bonchev–Trinajstić information content (AvgIpc) is 3.06. The number of nitrogens with two attached hydrogens (primary N) is 1. The molecular weight excluding hydrogens is 406 g/mol. The van der Waals surface area contributed by atoms with E-state index in [0.717, 1.165) is 17.6 Å². The minimum atomic E-state index is -3.19. The van der Waals surface area contributed by atoms with Crippen LogP contribution in [-0.2, 0) is 22.9 Å². The van der Waals surface area contributed by atoms with Gasteiger partial charge in [-0.1, -0.05) is 30.3 Å². The molecule has 6 nitrogen and oxygen atoms in total. The van der Waals surface area contributed by atoms with E-state index >= 15 is 0 Å². The van der Waals surface area contributed by atoms with Crippen molar-refractivity contribution >= 4 is 39.7 Å². The van der Waals surface area contributed by atoms with E-state index in [1.807, 2.05) is 36.4 Å². The fourth-order valence-electron chi connectivity index (χ4n) is 2.52. The molecule has 1 amide bonds. The maximum atomic E-state index is 12.8. The fourth-order valence-corrected chi connectivity index (χ4v) is 3.97. The van der Waals surface area contributed by atoms with Gasteiger partial charge in [-0.15, -0.1) is 23.7 Å². The van der Waals surface area contributed by atoms with Crippen LogP contribution in [-0.4, -0.2) is 51.7 Å². The van der Waals surface area contributed by atoms with Gasteiger partial charge in [0.1, 0.15) is 0 Å². The zero-order valence-corrected chi connectivity index (χ0v) is 17.7. The van der Waals surface area contributed by atoms with Gasteiger partial charge in [-0.3, -0.25) is 4.79 Å². The molecule has 0 aliphatic carbocycles. The summed E-state index contributed by atoms with van der Waals surface area (Å²) in [6.45, 7) is 1.86. The summed E-state index contributed by atoms with van der Waals surface area (Å²) in [5, 5.41) is 0. The number of carbonyl (C=O) groups excluding carboxylic acids is 1. The lowest BCUT2D eigenvalue weighted by Gasteiger charge is -2.21. The maximum absolute atomic E-state index is 12.8. The Bertz CT molecular complexity index is 810. The predicted molar refractivity (Wildman–Crippen MR) is 113 cm³/mol. The molecule has 0 spiro atoms.